The highest BCUT2D eigenvalue weighted by Gasteiger charge is 2.16. The van der Waals surface area contributed by atoms with Crippen LogP contribution in [0.3, 0.4) is 0 Å². The van der Waals surface area contributed by atoms with E-state index in [0.29, 0.717) is 6.61 Å². The van der Waals surface area contributed by atoms with Crippen molar-refractivity contribution in [1.29, 1.82) is 0 Å². The lowest BCUT2D eigenvalue weighted by molar-refractivity contribution is -0.500. The van der Waals surface area contributed by atoms with Crippen LogP contribution in [0.1, 0.15) is 30.9 Å². The largest absolute Gasteiger partial charge is 1.00 e. The molecular formula is C18H23BrN2O2. The molecule has 0 unspecified atom stereocenters. The zero-order valence-corrected chi connectivity index (χ0v) is 15.3. The summed E-state index contributed by atoms with van der Waals surface area (Å²) in [6, 6.07) is 6.41. The van der Waals surface area contributed by atoms with E-state index >= 15 is 0 Å². The fourth-order valence-corrected chi connectivity index (χ4v) is 3.08. The van der Waals surface area contributed by atoms with Gasteiger partial charge in [-0.2, -0.15) is 0 Å². The minimum absolute atomic E-state index is 0. The zero-order valence-electron chi connectivity index (χ0n) is 13.7. The summed E-state index contributed by atoms with van der Waals surface area (Å²) in [4.78, 5) is 11.8. The van der Waals surface area contributed by atoms with Gasteiger partial charge >= 0.3 is 5.97 Å². The fourth-order valence-electron chi connectivity index (χ4n) is 3.08. The van der Waals surface area contributed by atoms with Gasteiger partial charge in [-0.05, 0) is 25.5 Å². The van der Waals surface area contributed by atoms with E-state index < -0.39 is 0 Å². The molecule has 0 aliphatic carbocycles. The molecule has 1 aliphatic rings. The smallest absolute Gasteiger partial charge is 0.325 e. The lowest BCUT2D eigenvalue weighted by Crippen LogP contribution is -3.00. The molecule has 1 aliphatic heterocycles. The van der Waals surface area contributed by atoms with Crippen LogP contribution in [0.2, 0.25) is 0 Å². The molecule has 1 fully saturated rings. The first kappa shape index (κ1) is 17.7. The van der Waals surface area contributed by atoms with Crippen molar-refractivity contribution in [2.75, 3.05) is 19.7 Å². The monoisotopic (exact) mass is 378 g/mol. The van der Waals surface area contributed by atoms with Crippen molar-refractivity contribution < 1.29 is 31.1 Å². The predicted molar refractivity (Wildman–Crippen MR) is 87.7 cm³/mol. The molecule has 1 saturated heterocycles. The van der Waals surface area contributed by atoms with E-state index in [4.69, 9.17) is 4.74 Å². The van der Waals surface area contributed by atoms with Crippen molar-refractivity contribution in [3.63, 3.8) is 0 Å². The third kappa shape index (κ3) is 4.02. The van der Waals surface area contributed by atoms with E-state index in [9.17, 15) is 4.79 Å². The highest BCUT2D eigenvalue weighted by Crippen LogP contribution is 2.22. The number of aromatic nitrogens is 1. The van der Waals surface area contributed by atoms with E-state index in [2.05, 4.69) is 42.1 Å². The van der Waals surface area contributed by atoms with Crippen LogP contribution in [0.25, 0.3) is 10.9 Å². The fraction of sp³-hybridized carbons (Fsp3) is 0.444. The Kier molecular flexibility index (Phi) is 5.99. The average molecular weight is 379 g/mol. The van der Waals surface area contributed by atoms with Crippen LogP contribution in [0.5, 0.6) is 0 Å². The number of hydrogen-bond donors (Lipinski definition) is 0. The van der Waals surface area contributed by atoms with Gasteiger partial charge in [0.1, 0.15) is 19.6 Å². The maximum Gasteiger partial charge on any atom is 0.325 e. The number of esters is 1. The van der Waals surface area contributed by atoms with Gasteiger partial charge in [-0.15, -0.1) is 0 Å². The molecular weight excluding hydrogens is 356 g/mol. The van der Waals surface area contributed by atoms with Crippen LogP contribution in [-0.4, -0.2) is 41.0 Å². The normalized spacial score (nSPS) is 13.9. The third-order valence-electron chi connectivity index (χ3n) is 4.14. The number of aryl methyl sites for hydroxylation is 1. The molecule has 0 saturated carbocycles. The first-order valence-corrected chi connectivity index (χ1v) is 8.01. The number of benzene rings is 1. The molecule has 1 aromatic heterocycles. The molecule has 0 spiro atoms. The second-order valence-corrected chi connectivity index (χ2v) is 5.91. The van der Waals surface area contributed by atoms with Gasteiger partial charge in [0.15, 0.2) is 6.21 Å². The Bertz CT molecular complexity index is 726. The minimum atomic E-state index is -0.186. The first-order chi connectivity index (χ1) is 10.7. The quantitative estimate of drug-likeness (QED) is 0.542. The third-order valence-corrected chi connectivity index (χ3v) is 4.14. The molecule has 5 heteroatoms. The molecule has 23 heavy (non-hydrogen) atoms. The van der Waals surface area contributed by atoms with Crippen molar-refractivity contribution in [2.24, 2.45) is 0 Å². The highest BCUT2D eigenvalue weighted by atomic mass is 79.9. The molecule has 0 atom stereocenters. The van der Waals surface area contributed by atoms with Gasteiger partial charge in [-0.3, -0.25) is 4.79 Å². The number of halogens is 1. The first-order valence-electron chi connectivity index (χ1n) is 8.01. The summed E-state index contributed by atoms with van der Waals surface area (Å²) < 4.78 is 9.45. The van der Waals surface area contributed by atoms with Gasteiger partial charge in [0.05, 0.1) is 12.2 Å². The summed E-state index contributed by atoms with van der Waals surface area (Å²) in [5.74, 6) is -0.186. The number of carbonyl (C=O) groups is 1. The molecule has 0 radical (unpaired) electrons. The highest BCUT2D eigenvalue weighted by molar-refractivity contribution is 5.98. The summed E-state index contributed by atoms with van der Waals surface area (Å²) in [7, 11) is 0. The van der Waals surface area contributed by atoms with Crippen LogP contribution in [0.4, 0.5) is 0 Å². The molecule has 3 rings (SSSR count). The van der Waals surface area contributed by atoms with Crippen LogP contribution in [0.15, 0.2) is 24.4 Å². The molecule has 4 nitrogen and oxygen atoms in total. The Hall–Kier alpha value is -1.62. The molecule has 124 valence electrons. The summed E-state index contributed by atoms with van der Waals surface area (Å²) in [5.41, 5.74) is 3.48. The summed E-state index contributed by atoms with van der Waals surface area (Å²) in [5, 5.41) is 1.20. The maximum atomic E-state index is 11.8. The van der Waals surface area contributed by atoms with E-state index in [1.54, 1.807) is 0 Å². The number of ether oxygens (including phenoxy) is 1. The van der Waals surface area contributed by atoms with Crippen LogP contribution in [0, 0.1) is 6.92 Å². The number of hydrogen-bond acceptors (Lipinski definition) is 2. The average Bonchev–Trinajstić information content (AvgIpc) is 3.09. The standard InChI is InChI=1S/C18H23N2O2.BrH/c1-3-22-18(21)13-20-12-15(11-19-8-4-5-9-19)16-7-6-14(2)10-17(16)20;/h6-7,10-12H,3-5,8-9,13H2,1-2H3;1H/q+1;/p-1. The van der Waals surface area contributed by atoms with Crippen molar-refractivity contribution in [1.82, 2.24) is 4.57 Å². The minimum Gasteiger partial charge on any atom is -1.00 e. The van der Waals surface area contributed by atoms with Crippen LogP contribution in [-0.2, 0) is 16.1 Å². The Balaban J connectivity index is 0.00000192. The van der Waals surface area contributed by atoms with Gasteiger partial charge in [0.2, 0.25) is 0 Å². The molecule has 0 N–H and O–H groups in total. The van der Waals surface area contributed by atoms with E-state index in [-0.39, 0.29) is 29.5 Å². The molecule has 0 amide bonds. The SMILES string of the molecule is CCOC(=O)Cn1cc(C=[N+]2CCCC2)c2ccc(C)cc21.[Br-]. The van der Waals surface area contributed by atoms with E-state index in [0.717, 1.165) is 18.6 Å². The Morgan fingerprint density at radius 2 is 2.09 bits per heavy atom. The molecule has 2 aromatic rings. The van der Waals surface area contributed by atoms with Crippen molar-refractivity contribution in [2.45, 2.75) is 33.2 Å². The van der Waals surface area contributed by atoms with Gasteiger partial charge in [0, 0.05) is 29.9 Å². The molecule has 2 heterocycles. The van der Waals surface area contributed by atoms with E-state index in [1.165, 1.54) is 29.4 Å². The lowest BCUT2D eigenvalue weighted by Gasteiger charge is -2.05. The maximum absolute atomic E-state index is 11.8. The number of nitrogens with zero attached hydrogens (tertiary/aromatic N) is 2. The summed E-state index contributed by atoms with van der Waals surface area (Å²) in [6.07, 6.45) is 6.82. The van der Waals surface area contributed by atoms with Crippen molar-refractivity contribution in [3.8, 4) is 0 Å². The van der Waals surface area contributed by atoms with Gasteiger partial charge in [0.25, 0.3) is 0 Å². The Morgan fingerprint density at radius 1 is 1.35 bits per heavy atom. The number of rotatable bonds is 4. The van der Waals surface area contributed by atoms with Gasteiger partial charge < -0.3 is 26.3 Å². The Labute approximate surface area is 147 Å². The number of fused-ring (bicyclic) bond motifs is 1. The van der Waals surface area contributed by atoms with E-state index in [1.807, 2.05) is 11.5 Å². The number of carbonyl (C=O) groups excluding carboxylic acids is 1. The summed E-state index contributed by atoms with van der Waals surface area (Å²) in [6.45, 7) is 6.84. The second kappa shape index (κ2) is 7.77. The molecule has 1 aromatic carbocycles. The Morgan fingerprint density at radius 3 is 2.78 bits per heavy atom. The van der Waals surface area contributed by atoms with Crippen LogP contribution < -0.4 is 17.0 Å². The molecule has 0 bridgehead atoms. The van der Waals surface area contributed by atoms with Crippen molar-refractivity contribution in [3.05, 3.63) is 35.5 Å². The van der Waals surface area contributed by atoms with Gasteiger partial charge in [-0.1, -0.05) is 12.1 Å². The summed E-state index contributed by atoms with van der Waals surface area (Å²) >= 11 is 0. The second-order valence-electron chi connectivity index (χ2n) is 5.91. The van der Waals surface area contributed by atoms with Crippen LogP contribution >= 0.6 is 0 Å². The lowest BCUT2D eigenvalue weighted by atomic mass is 10.1. The zero-order chi connectivity index (χ0) is 15.5. The van der Waals surface area contributed by atoms with Crippen molar-refractivity contribution >= 4 is 23.1 Å². The topological polar surface area (TPSA) is 34.2 Å². The van der Waals surface area contributed by atoms with Gasteiger partial charge in [-0.25, -0.2) is 4.58 Å². The predicted octanol–water partition coefficient (Wildman–Crippen LogP) is -0.258.